The summed E-state index contributed by atoms with van der Waals surface area (Å²) < 4.78 is 12.6. The minimum absolute atomic E-state index is 0.0929. The Morgan fingerprint density at radius 1 is 1.80 bits per heavy atom. The Morgan fingerprint density at radius 2 is 2.50 bits per heavy atom. The maximum Gasteiger partial charge on any atom is 0.121 e. The summed E-state index contributed by atoms with van der Waals surface area (Å²) in [5.74, 6) is 0.254. The molecular weight excluding hydrogens is 129 g/mol. The molecule has 1 unspecified atom stereocenters. The van der Waals surface area contributed by atoms with Crippen molar-refractivity contribution in [2.75, 3.05) is 6.54 Å². The first-order valence-corrected chi connectivity index (χ1v) is 3.47. The first kappa shape index (κ1) is 7.48. The Labute approximate surface area is 60.4 Å². The number of allylic oxidation sites excluding steroid dienone is 3. The van der Waals surface area contributed by atoms with Gasteiger partial charge in [0.2, 0.25) is 0 Å². The number of hydrogen-bond donors (Lipinski definition) is 1. The van der Waals surface area contributed by atoms with E-state index in [1.165, 1.54) is 6.08 Å². The molecule has 1 rings (SSSR count). The van der Waals surface area contributed by atoms with Crippen molar-refractivity contribution in [2.24, 2.45) is 11.7 Å². The lowest BCUT2D eigenvalue weighted by Gasteiger charge is -2.14. The molecule has 0 amide bonds. The van der Waals surface area contributed by atoms with Crippen molar-refractivity contribution < 1.29 is 4.39 Å². The van der Waals surface area contributed by atoms with Crippen molar-refractivity contribution in [1.82, 2.24) is 0 Å². The molecule has 0 saturated carbocycles. The van der Waals surface area contributed by atoms with Crippen LogP contribution in [0.2, 0.25) is 0 Å². The predicted octanol–water partition coefficient (Wildman–Crippen LogP) is 1.76. The van der Waals surface area contributed by atoms with Crippen LogP contribution in [-0.4, -0.2) is 6.54 Å². The van der Waals surface area contributed by atoms with Gasteiger partial charge in [0.1, 0.15) is 5.83 Å². The van der Waals surface area contributed by atoms with Crippen LogP contribution in [0.1, 0.15) is 13.3 Å². The zero-order chi connectivity index (χ0) is 7.56. The van der Waals surface area contributed by atoms with E-state index in [1.807, 2.05) is 13.0 Å². The van der Waals surface area contributed by atoms with Crippen molar-refractivity contribution in [1.29, 1.82) is 0 Å². The van der Waals surface area contributed by atoms with Crippen LogP contribution in [0.3, 0.4) is 0 Å². The quantitative estimate of drug-likeness (QED) is 0.591. The van der Waals surface area contributed by atoms with E-state index < -0.39 is 0 Å². The Kier molecular flexibility index (Phi) is 2.22. The molecule has 2 heteroatoms. The molecule has 56 valence electrons. The highest BCUT2D eigenvalue weighted by molar-refractivity contribution is 5.24. The summed E-state index contributed by atoms with van der Waals surface area (Å²) >= 11 is 0. The van der Waals surface area contributed by atoms with Crippen LogP contribution in [-0.2, 0) is 0 Å². The summed E-state index contributed by atoms with van der Waals surface area (Å²) in [5, 5.41) is 0. The maximum atomic E-state index is 12.6. The Balaban J connectivity index is 2.65. The molecule has 0 radical (unpaired) electrons. The lowest BCUT2D eigenvalue weighted by atomic mass is 9.95. The van der Waals surface area contributed by atoms with E-state index in [4.69, 9.17) is 5.73 Å². The van der Waals surface area contributed by atoms with Crippen molar-refractivity contribution in [2.45, 2.75) is 13.3 Å². The van der Waals surface area contributed by atoms with Gasteiger partial charge in [-0.05, 0) is 37.5 Å². The average Bonchev–Trinajstić information content (AvgIpc) is 1.95. The van der Waals surface area contributed by atoms with Gasteiger partial charge in [-0.15, -0.1) is 0 Å². The first-order valence-electron chi connectivity index (χ1n) is 3.47. The van der Waals surface area contributed by atoms with E-state index in [1.54, 1.807) is 0 Å². The number of hydrogen-bond acceptors (Lipinski definition) is 1. The van der Waals surface area contributed by atoms with E-state index >= 15 is 0 Å². The fraction of sp³-hybridized carbons (Fsp3) is 0.500. The van der Waals surface area contributed by atoms with Crippen LogP contribution in [0.25, 0.3) is 0 Å². The van der Waals surface area contributed by atoms with Gasteiger partial charge in [0, 0.05) is 0 Å². The Bertz CT molecular complexity index is 182. The highest BCUT2D eigenvalue weighted by atomic mass is 19.1. The molecule has 10 heavy (non-hydrogen) atoms. The van der Waals surface area contributed by atoms with Gasteiger partial charge in [-0.2, -0.15) is 0 Å². The molecule has 1 aliphatic rings. The average molecular weight is 141 g/mol. The van der Waals surface area contributed by atoms with Gasteiger partial charge in [-0.1, -0.05) is 6.08 Å². The van der Waals surface area contributed by atoms with Crippen LogP contribution in [0.15, 0.2) is 23.6 Å². The summed E-state index contributed by atoms with van der Waals surface area (Å²) in [6.45, 7) is 2.42. The molecule has 0 bridgehead atoms. The van der Waals surface area contributed by atoms with Crippen molar-refractivity contribution >= 4 is 0 Å². The third kappa shape index (κ3) is 1.45. The largest absolute Gasteiger partial charge is 0.330 e. The van der Waals surface area contributed by atoms with E-state index in [0.29, 0.717) is 12.5 Å². The van der Waals surface area contributed by atoms with Crippen LogP contribution in [0.5, 0.6) is 0 Å². The molecule has 1 nitrogen and oxygen atoms in total. The summed E-state index contributed by atoms with van der Waals surface area (Å²) in [5.41, 5.74) is 6.23. The molecule has 0 aromatic carbocycles. The summed E-state index contributed by atoms with van der Waals surface area (Å²) in [7, 11) is 0. The standard InChI is InChI=1S/C8H12FN/c1-6-4-7(5-10)2-3-8(6)9/h2-3,7H,4-5,10H2,1H3. The Morgan fingerprint density at radius 3 is 3.00 bits per heavy atom. The third-order valence-electron chi connectivity index (χ3n) is 1.79. The lowest BCUT2D eigenvalue weighted by Crippen LogP contribution is -2.14. The van der Waals surface area contributed by atoms with E-state index in [0.717, 1.165) is 12.0 Å². The third-order valence-corrected chi connectivity index (χ3v) is 1.79. The number of rotatable bonds is 1. The zero-order valence-electron chi connectivity index (χ0n) is 6.10. The SMILES string of the molecule is CC1=C(F)C=CC(CN)C1. The summed E-state index contributed by atoms with van der Waals surface area (Å²) in [6.07, 6.45) is 4.12. The second kappa shape index (κ2) is 2.97. The molecule has 0 spiro atoms. The van der Waals surface area contributed by atoms with Crippen LogP contribution in [0.4, 0.5) is 4.39 Å². The van der Waals surface area contributed by atoms with Crippen molar-refractivity contribution in [3.05, 3.63) is 23.6 Å². The van der Waals surface area contributed by atoms with Crippen molar-refractivity contribution in [3.63, 3.8) is 0 Å². The normalized spacial score (nSPS) is 25.7. The van der Waals surface area contributed by atoms with E-state index in [2.05, 4.69) is 0 Å². The Hall–Kier alpha value is -0.630. The second-order valence-electron chi connectivity index (χ2n) is 2.69. The summed E-state index contributed by atoms with van der Waals surface area (Å²) in [4.78, 5) is 0. The monoisotopic (exact) mass is 141 g/mol. The fourth-order valence-corrected chi connectivity index (χ4v) is 1.08. The van der Waals surface area contributed by atoms with Crippen LogP contribution >= 0.6 is 0 Å². The van der Waals surface area contributed by atoms with Gasteiger partial charge in [0.15, 0.2) is 0 Å². The molecule has 0 heterocycles. The molecule has 0 aliphatic heterocycles. The van der Waals surface area contributed by atoms with Gasteiger partial charge < -0.3 is 5.73 Å². The van der Waals surface area contributed by atoms with Gasteiger partial charge in [0.25, 0.3) is 0 Å². The van der Waals surface area contributed by atoms with Gasteiger partial charge in [-0.3, -0.25) is 0 Å². The smallest absolute Gasteiger partial charge is 0.121 e. The van der Waals surface area contributed by atoms with Gasteiger partial charge in [-0.25, -0.2) is 4.39 Å². The van der Waals surface area contributed by atoms with Gasteiger partial charge in [0.05, 0.1) is 0 Å². The predicted molar refractivity (Wildman–Crippen MR) is 40.1 cm³/mol. The molecule has 0 aromatic rings. The molecule has 0 saturated heterocycles. The first-order chi connectivity index (χ1) is 4.74. The minimum atomic E-state index is -0.0929. The maximum absolute atomic E-state index is 12.6. The van der Waals surface area contributed by atoms with Gasteiger partial charge >= 0.3 is 0 Å². The minimum Gasteiger partial charge on any atom is -0.330 e. The molecule has 0 aromatic heterocycles. The topological polar surface area (TPSA) is 26.0 Å². The molecule has 2 N–H and O–H groups in total. The highest BCUT2D eigenvalue weighted by Gasteiger charge is 2.10. The highest BCUT2D eigenvalue weighted by Crippen LogP contribution is 2.22. The second-order valence-corrected chi connectivity index (χ2v) is 2.69. The summed E-state index contributed by atoms with van der Waals surface area (Å²) in [6, 6.07) is 0. The molecule has 1 aliphatic carbocycles. The number of nitrogens with two attached hydrogens (primary N) is 1. The van der Waals surface area contributed by atoms with E-state index in [-0.39, 0.29) is 5.83 Å². The fourth-order valence-electron chi connectivity index (χ4n) is 1.08. The lowest BCUT2D eigenvalue weighted by molar-refractivity contribution is 0.581. The molecular formula is C8H12FN. The zero-order valence-corrected chi connectivity index (χ0v) is 6.10. The molecule has 0 fully saturated rings. The van der Waals surface area contributed by atoms with Crippen molar-refractivity contribution in [3.8, 4) is 0 Å². The van der Waals surface area contributed by atoms with Crippen LogP contribution in [0, 0.1) is 5.92 Å². The molecule has 1 atom stereocenters. The van der Waals surface area contributed by atoms with Crippen LogP contribution < -0.4 is 5.73 Å². The number of halogens is 1. The van der Waals surface area contributed by atoms with E-state index in [9.17, 15) is 4.39 Å².